The number of unbranched alkanes of at least 4 members (excludes halogenated alkanes) is 2. The Balaban J connectivity index is 1.53. The van der Waals surface area contributed by atoms with Crippen molar-refractivity contribution in [2.45, 2.75) is 83.0 Å². The fourth-order valence-corrected chi connectivity index (χ4v) is 9.07. The zero-order valence-electron chi connectivity index (χ0n) is 33.1. The van der Waals surface area contributed by atoms with Crippen molar-refractivity contribution in [3.05, 3.63) is 103 Å². The molecule has 0 aromatic heterocycles. The van der Waals surface area contributed by atoms with Crippen LogP contribution in [-0.4, -0.2) is 78.8 Å². The molecule has 0 bridgehead atoms. The van der Waals surface area contributed by atoms with Crippen LogP contribution in [0.2, 0.25) is 0 Å². The van der Waals surface area contributed by atoms with Crippen molar-refractivity contribution in [2.75, 3.05) is 40.1 Å². The zero-order chi connectivity index (χ0) is 39.5. The van der Waals surface area contributed by atoms with E-state index in [-0.39, 0.29) is 37.6 Å². The highest BCUT2D eigenvalue weighted by Gasteiger charge is 2.65. The molecule has 3 aromatic rings. The smallest absolute Gasteiger partial charge is 0.409 e. The lowest BCUT2D eigenvalue weighted by molar-refractivity contribution is -0.255. The third kappa shape index (κ3) is 8.67. The number of rotatable bonds is 19. The highest BCUT2D eigenvalue weighted by atomic mass is 16.7. The first-order valence-electron chi connectivity index (χ1n) is 20.3. The average Bonchev–Trinajstić information content (AvgIpc) is 3.23. The summed E-state index contributed by atoms with van der Waals surface area (Å²) >= 11 is 0. The zero-order valence-corrected chi connectivity index (χ0v) is 33.1. The van der Waals surface area contributed by atoms with Gasteiger partial charge in [0.1, 0.15) is 29.9 Å². The van der Waals surface area contributed by atoms with Gasteiger partial charge in [0, 0.05) is 37.7 Å². The van der Waals surface area contributed by atoms with Gasteiger partial charge < -0.3 is 34.0 Å². The van der Waals surface area contributed by atoms with Crippen LogP contribution >= 0.6 is 0 Å². The predicted molar refractivity (Wildman–Crippen MR) is 218 cm³/mol. The largest absolute Gasteiger partial charge is 0.459 e. The molecular weight excluding hydrogens is 709 g/mol. The number of amides is 1. The molecule has 2 N–H and O–H groups in total. The molecule has 300 valence electrons. The second kappa shape index (κ2) is 19.5. The van der Waals surface area contributed by atoms with Crippen molar-refractivity contribution in [1.82, 2.24) is 4.90 Å². The maximum Gasteiger partial charge on any atom is 0.409 e. The first-order chi connectivity index (χ1) is 27.4. The van der Waals surface area contributed by atoms with Gasteiger partial charge in [0.25, 0.3) is 0 Å². The van der Waals surface area contributed by atoms with E-state index in [1.165, 1.54) is 7.11 Å². The normalized spacial score (nSPS) is 24.3. The lowest BCUT2D eigenvalue weighted by Crippen LogP contribution is -2.70. The first-order valence-corrected chi connectivity index (χ1v) is 20.3. The monoisotopic (exact) mass is 766 g/mol. The van der Waals surface area contributed by atoms with Crippen LogP contribution in [0.15, 0.2) is 102 Å². The maximum atomic E-state index is 13.7. The van der Waals surface area contributed by atoms with Gasteiger partial charge in [0.15, 0.2) is 0 Å². The molecule has 1 heterocycles. The summed E-state index contributed by atoms with van der Waals surface area (Å²) in [7, 11) is 1.40. The first kappa shape index (κ1) is 41.0. The van der Waals surface area contributed by atoms with Crippen LogP contribution in [0.5, 0.6) is 17.2 Å². The Morgan fingerprint density at radius 2 is 1.68 bits per heavy atom. The van der Waals surface area contributed by atoms with E-state index in [1.54, 1.807) is 11.0 Å². The van der Waals surface area contributed by atoms with Gasteiger partial charge in [-0.15, -0.1) is 6.58 Å². The summed E-state index contributed by atoms with van der Waals surface area (Å²) in [5.41, 5.74) is 4.98. The van der Waals surface area contributed by atoms with Gasteiger partial charge in [-0.25, -0.2) is 4.79 Å². The minimum absolute atomic E-state index is 0.105. The van der Waals surface area contributed by atoms with Crippen molar-refractivity contribution in [3.63, 3.8) is 0 Å². The highest BCUT2D eigenvalue weighted by molar-refractivity contribution is 6.03. The molecule has 1 saturated carbocycles. The van der Waals surface area contributed by atoms with E-state index in [9.17, 15) is 15.0 Å². The number of hydrogen-bond donors (Lipinski definition) is 2. The molecule has 2 aliphatic carbocycles. The van der Waals surface area contributed by atoms with E-state index in [1.807, 2.05) is 56.3 Å². The molecule has 0 radical (unpaired) electrons. The Hall–Kier alpha value is -4.64. The van der Waals surface area contributed by atoms with Crippen molar-refractivity contribution >= 4 is 11.8 Å². The summed E-state index contributed by atoms with van der Waals surface area (Å²) in [6.45, 7) is 9.18. The molecule has 1 aliphatic heterocycles. The second-order valence-electron chi connectivity index (χ2n) is 14.8. The van der Waals surface area contributed by atoms with E-state index >= 15 is 0 Å². The fourth-order valence-electron chi connectivity index (χ4n) is 9.07. The summed E-state index contributed by atoms with van der Waals surface area (Å²) in [4.78, 5) is 21.2. The van der Waals surface area contributed by atoms with Gasteiger partial charge in [-0.2, -0.15) is 0 Å². The molecule has 6 unspecified atom stereocenters. The molecule has 0 spiro atoms. The van der Waals surface area contributed by atoms with Gasteiger partial charge >= 0.3 is 6.09 Å². The molecule has 10 nitrogen and oxygen atoms in total. The maximum absolute atomic E-state index is 13.7. The number of carbonyl (C=O) groups is 1. The van der Waals surface area contributed by atoms with Crippen LogP contribution in [0.25, 0.3) is 11.1 Å². The average molecular weight is 767 g/mol. The standard InChI is InChI=1S/C46H58N2O8/c1-5-25-48(45(51)52-4)42-31-40(47-54-7-3)38-29-34(17-11-13-26-49)37(18-12-14-27-50)43-39-30-36(23-24-41(39)56-46(42,44(38)43)53-28-6-2)55-35-21-19-33(20-22-35)32-15-9-8-10-16-32/h6,8-10,15-16,19-24,29-30,34,37,42-44,49-50H,2,5,7,11-14,17-18,25-28,31H2,1,3-4H3. The number of carbonyl (C=O) groups excluding carboxylic acids is 1. The summed E-state index contributed by atoms with van der Waals surface area (Å²) in [6.07, 6.45) is 9.40. The van der Waals surface area contributed by atoms with Crippen LogP contribution in [0.4, 0.5) is 4.79 Å². The van der Waals surface area contributed by atoms with Gasteiger partial charge in [0.05, 0.1) is 25.3 Å². The van der Waals surface area contributed by atoms with Gasteiger partial charge in [0.2, 0.25) is 5.79 Å². The van der Waals surface area contributed by atoms with Crippen molar-refractivity contribution < 1.29 is 38.8 Å². The fraction of sp³-hybridized carbons (Fsp3) is 0.478. The molecule has 6 rings (SSSR count). The Bertz CT molecular complexity index is 1810. The number of allylic oxidation sites excluding steroid dienone is 1. The number of methoxy groups -OCH3 is 1. The van der Waals surface area contributed by atoms with Crippen LogP contribution in [0.1, 0.15) is 76.7 Å². The minimum atomic E-state index is -1.33. The molecule has 1 fully saturated rings. The molecule has 6 atom stereocenters. The molecule has 0 saturated heterocycles. The number of ether oxygens (including phenoxy) is 4. The number of benzene rings is 3. The summed E-state index contributed by atoms with van der Waals surface area (Å²) in [5, 5.41) is 24.4. The van der Waals surface area contributed by atoms with Crippen molar-refractivity contribution in [2.24, 2.45) is 22.9 Å². The SMILES string of the molecule is C=CCOC12Oc3ccc(Oc4ccc(-c5ccccc5)cc4)cc3C3C(CCCCO)C(CCCCO)C=C(C(=NOCC)CC1N(CCC)C(=O)OC)C32. The number of aliphatic hydroxyl groups excluding tert-OH is 2. The lowest BCUT2D eigenvalue weighted by Gasteiger charge is -2.59. The number of oxime groups is 1. The third-order valence-corrected chi connectivity index (χ3v) is 11.4. The molecule has 3 aromatic carbocycles. The minimum Gasteiger partial charge on any atom is -0.459 e. The molecule has 56 heavy (non-hydrogen) atoms. The van der Waals surface area contributed by atoms with Crippen LogP contribution < -0.4 is 9.47 Å². The molecule has 1 amide bonds. The predicted octanol–water partition coefficient (Wildman–Crippen LogP) is 9.28. The van der Waals surface area contributed by atoms with Gasteiger partial charge in [-0.1, -0.05) is 79.5 Å². The highest BCUT2D eigenvalue weighted by Crippen LogP contribution is 2.62. The van der Waals surface area contributed by atoms with Crippen LogP contribution in [-0.2, 0) is 14.3 Å². The van der Waals surface area contributed by atoms with E-state index < -0.39 is 23.8 Å². The Labute approximate surface area is 331 Å². The van der Waals surface area contributed by atoms with Gasteiger partial charge in [-0.3, -0.25) is 4.90 Å². The molecule has 10 heteroatoms. The number of nitrogens with zero attached hydrogens (tertiary/aromatic N) is 2. The number of fused-ring (bicyclic) bond motifs is 2. The van der Waals surface area contributed by atoms with Gasteiger partial charge in [-0.05, 0) is 97.9 Å². The van der Waals surface area contributed by atoms with Crippen LogP contribution in [0.3, 0.4) is 0 Å². The van der Waals surface area contributed by atoms with E-state index in [4.69, 9.17) is 28.9 Å². The lowest BCUT2D eigenvalue weighted by atomic mass is 9.55. The Kier molecular flexibility index (Phi) is 14.3. The van der Waals surface area contributed by atoms with E-state index in [2.05, 4.69) is 43.0 Å². The Morgan fingerprint density at radius 1 is 0.964 bits per heavy atom. The van der Waals surface area contributed by atoms with Crippen molar-refractivity contribution in [1.29, 1.82) is 0 Å². The topological polar surface area (TPSA) is 119 Å². The summed E-state index contributed by atoms with van der Waals surface area (Å²) in [5.74, 6) is 0.423. The Morgan fingerprint density at radius 3 is 2.36 bits per heavy atom. The van der Waals surface area contributed by atoms with Crippen LogP contribution in [0, 0.1) is 17.8 Å². The number of aliphatic hydroxyl groups is 2. The molecular formula is C46H58N2O8. The molecule has 3 aliphatic rings. The summed E-state index contributed by atoms with van der Waals surface area (Å²) in [6, 6.07) is 23.7. The summed E-state index contributed by atoms with van der Waals surface area (Å²) < 4.78 is 26.2. The third-order valence-electron chi connectivity index (χ3n) is 11.4. The van der Waals surface area contributed by atoms with Crippen molar-refractivity contribution in [3.8, 4) is 28.4 Å². The van der Waals surface area contributed by atoms with E-state index in [0.29, 0.717) is 56.1 Å². The van der Waals surface area contributed by atoms with E-state index in [0.717, 1.165) is 53.7 Å². The quantitative estimate of drug-likeness (QED) is 0.0704. The number of hydrogen-bond acceptors (Lipinski definition) is 9. The second-order valence-corrected chi connectivity index (χ2v) is 14.8.